The van der Waals surface area contributed by atoms with E-state index in [-0.39, 0.29) is 18.1 Å². The summed E-state index contributed by atoms with van der Waals surface area (Å²) in [6, 6.07) is 3.12. The number of aromatic nitrogens is 1. The maximum absolute atomic E-state index is 12.0. The Labute approximate surface area is 117 Å². The van der Waals surface area contributed by atoms with Crippen molar-refractivity contribution in [3.63, 3.8) is 0 Å². The Morgan fingerprint density at radius 1 is 1.30 bits per heavy atom. The molecule has 0 atom stereocenters. The molecule has 20 heavy (non-hydrogen) atoms. The standard InChI is InChI=1S/C14H19N3O3/c15-10-4-5-11(16-8-10)12(18)17-9-14(13(19)20)6-2-1-3-7-14/h4-5,8H,1-3,6-7,9,15H2,(H,17,18)(H,19,20). The van der Waals surface area contributed by atoms with Crippen LogP contribution in [0.4, 0.5) is 5.69 Å². The Kier molecular flexibility index (Phi) is 4.22. The van der Waals surface area contributed by atoms with E-state index < -0.39 is 11.4 Å². The van der Waals surface area contributed by atoms with Crippen molar-refractivity contribution < 1.29 is 14.7 Å². The number of rotatable bonds is 4. The van der Waals surface area contributed by atoms with Gasteiger partial charge in [0.05, 0.1) is 17.3 Å². The summed E-state index contributed by atoms with van der Waals surface area (Å²) < 4.78 is 0. The zero-order chi connectivity index (χ0) is 14.6. The highest BCUT2D eigenvalue weighted by Crippen LogP contribution is 2.36. The second-order valence-electron chi connectivity index (χ2n) is 5.31. The minimum Gasteiger partial charge on any atom is -0.481 e. The molecule has 0 aromatic carbocycles. The number of nitrogens with one attached hydrogen (secondary N) is 1. The molecule has 0 radical (unpaired) electrons. The summed E-state index contributed by atoms with van der Waals surface area (Å²) in [5.41, 5.74) is 5.40. The summed E-state index contributed by atoms with van der Waals surface area (Å²) in [6.07, 6.45) is 5.46. The molecule has 0 unspecified atom stereocenters. The number of nitrogen functional groups attached to an aromatic ring is 1. The first-order valence-electron chi connectivity index (χ1n) is 6.77. The molecule has 1 fully saturated rings. The highest BCUT2D eigenvalue weighted by Gasteiger charge is 2.39. The number of pyridine rings is 1. The van der Waals surface area contributed by atoms with Crippen molar-refractivity contribution in [1.82, 2.24) is 10.3 Å². The number of carbonyl (C=O) groups is 2. The van der Waals surface area contributed by atoms with Crippen LogP contribution in [0.15, 0.2) is 18.3 Å². The predicted molar refractivity (Wildman–Crippen MR) is 74.1 cm³/mol. The van der Waals surface area contributed by atoms with Gasteiger partial charge in [-0.25, -0.2) is 4.98 Å². The quantitative estimate of drug-likeness (QED) is 0.772. The fraction of sp³-hybridized carbons (Fsp3) is 0.500. The Morgan fingerprint density at radius 3 is 2.55 bits per heavy atom. The van der Waals surface area contributed by atoms with Crippen LogP contribution in [-0.4, -0.2) is 28.5 Å². The number of carbonyl (C=O) groups excluding carboxylic acids is 1. The van der Waals surface area contributed by atoms with E-state index >= 15 is 0 Å². The molecule has 1 aliphatic carbocycles. The van der Waals surface area contributed by atoms with Gasteiger partial charge >= 0.3 is 5.97 Å². The van der Waals surface area contributed by atoms with E-state index in [0.717, 1.165) is 19.3 Å². The zero-order valence-corrected chi connectivity index (χ0v) is 11.3. The number of aliphatic carboxylic acids is 1. The first-order valence-corrected chi connectivity index (χ1v) is 6.77. The van der Waals surface area contributed by atoms with Crippen LogP contribution in [-0.2, 0) is 4.79 Å². The van der Waals surface area contributed by atoms with Gasteiger partial charge in [-0.1, -0.05) is 19.3 Å². The molecule has 6 nitrogen and oxygen atoms in total. The molecule has 0 saturated heterocycles. The van der Waals surface area contributed by atoms with E-state index in [9.17, 15) is 14.7 Å². The van der Waals surface area contributed by atoms with Crippen LogP contribution in [0, 0.1) is 5.41 Å². The minimum atomic E-state index is -0.832. The molecule has 0 bridgehead atoms. The Balaban J connectivity index is 2.00. The molecular weight excluding hydrogens is 258 g/mol. The van der Waals surface area contributed by atoms with E-state index in [4.69, 9.17) is 5.73 Å². The first kappa shape index (κ1) is 14.3. The van der Waals surface area contributed by atoms with Gasteiger partial charge in [0.2, 0.25) is 0 Å². The summed E-state index contributed by atoms with van der Waals surface area (Å²) >= 11 is 0. The third-order valence-corrected chi connectivity index (χ3v) is 3.87. The molecule has 1 aliphatic rings. The van der Waals surface area contributed by atoms with Crippen molar-refractivity contribution in [2.24, 2.45) is 5.41 Å². The van der Waals surface area contributed by atoms with Gasteiger partial charge in [-0.3, -0.25) is 9.59 Å². The molecule has 2 rings (SSSR count). The van der Waals surface area contributed by atoms with Gasteiger partial charge in [0.25, 0.3) is 5.91 Å². The lowest BCUT2D eigenvalue weighted by molar-refractivity contribution is -0.150. The summed E-state index contributed by atoms with van der Waals surface area (Å²) in [7, 11) is 0. The van der Waals surface area contributed by atoms with Gasteiger partial charge in [-0.05, 0) is 25.0 Å². The number of carboxylic acids is 1. The average Bonchev–Trinajstić information content (AvgIpc) is 2.46. The molecular formula is C14H19N3O3. The first-order chi connectivity index (χ1) is 9.53. The average molecular weight is 277 g/mol. The SMILES string of the molecule is Nc1ccc(C(=O)NCC2(C(=O)O)CCCCC2)nc1. The van der Waals surface area contributed by atoms with Crippen molar-refractivity contribution in [2.45, 2.75) is 32.1 Å². The van der Waals surface area contributed by atoms with Gasteiger partial charge < -0.3 is 16.2 Å². The van der Waals surface area contributed by atoms with Crippen molar-refractivity contribution in [3.8, 4) is 0 Å². The minimum absolute atomic E-state index is 0.146. The Bertz CT molecular complexity index is 493. The highest BCUT2D eigenvalue weighted by atomic mass is 16.4. The van der Waals surface area contributed by atoms with Crippen molar-refractivity contribution in [3.05, 3.63) is 24.0 Å². The molecule has 1 aromatic heterocycles. The molecule has 0 spiro atoms. The second-order valence-corrected chi connectivity index (χ2v) is 5.31. The maximum atomic E-state index is 12.0. The number of hydrogen-bond acceptors (Lipinski definition) is 4. The van der Waals surface area contributed by atoms with Gasteiger partial charge in [-0.15, -0.1) is 0 Å². The van der Waals surface area contributed by atoms with Crippen molar-refractivity contribution >= 4 is 17.6 Å². The topological polar surface area (TPSA) is 105 Å². The normalized spacial score (nSPS) is 17.4. The second kappa shape index (κ2) is 5.90. The highest BCUT2D eigenvalue weighted by molar-refractivity contribution is 5.92. The smallest absolute Gasteiger partial charge is 0.311 e. The number of amides is 1. The van der Waals surface area contributed by atoms with Crippen LogP contribution < -0.4 is 11.1 Å². The third kappa shape index (κ3) is 3.07. The molecule has 1 amide bonds. The lowest BCUT2D eigenvalue weighted by atomic mass is 9.74. The summed E-state index contributed by atoms with van der Waals surface area (Å²) in [5.74, 6) is -1.20. The van der Waals surface area contributed by atoms with E-state index in [0.29, 0.717) is 18.5 Å². The number of nitrogens with zero attached hydrogens (tertiary/aromatic N) is 1. The van der Waals surface area contributed by atoms with Crippen LogP contribution in [0.2, 0.25) is 0 Å². The van der Waals surface area contributed by atoms with Gasteiger partial charge in [0.1, 0.15) is 5.69 Å². The van der Waals surface area contributed by atoms with Crippen LogP contribution in [0.3, 0.4) is 0 Å². The lowest BCUT2D eigenvalue weighted by Gasteiger charge is -2.33. The largest absolute Gasteiger partial charge is 0.481 e. The van der Waals surface area contributed by atoms with Crippen molar-refractivity contribution in [1.29, 1.82) is 0 Å². The summed E-state index contributed by atoms with van der Waals surface area (Å²) in [4.78, 5) is 27.4. The molecule has 108 valence electrons. The van der Waals surface area contributed by atoms with Crippen LogP contribution >= 0.6 is 0 Å². The van der Waals surface area contributed by atoms with Crippen LogP contribution in [0.25, 0.3) is 0 Å². The lowest BCUT2D eigenvalue weighted by Crippen LogP contribution is -2.44. The zero-order valence-electron chi connectivity index (χ0n) is 11.3. The van der Waals surface area contributed by atoms with E-state index in [1.807, 2.05) is 0 Å². The van der Waals surface area contributed by atoms with Crippen LogP contribution in [0.5, 0.6) is 0 Å². The molecule has 6 heteroatoms. The third-order valence-electron chi connectivity index (χ3n) is 3.87. The Hall–Kier alpha value is -2.11. The van der Waals surface area contributed by atoms with Gasteiger partial charge in [-0.2, -0.15) is 0 Å². The maximum Gasteiger partial charge on any atom is 0.311 e. The van der Waals surface area contributed by atoms with Crippen LogP contribution in [0.1, 0.15) is 42.6 Å². The number of nitrogens with two attached hydrogens (primary N) is 1. The monoisotopic (exact) mass is 277 g/mol. The predicted octanol–water partition coefficient (Wildman–Crippen LogP) is 1.43. The number of anilines is 1. The molecule has 1 aromatic rings. The number of hydrogen-bond donors (Lipinski definition) is 3. The molecule has 0 aliphatic heterocycles. The van der Waals surface area contributed by atoms with Crippen molar-refractivity contribution in [2.75, 3.05) is 12.3 Å². The molecule has 1 saturated carbocycles. The van der Waals surface area contributed by atoms with Gasteiger partial charge in [0.15, 0.2) is 0 Å². The fourth-order valence-corrected chi connectivity index (χ4v) is 2.57. The fourth-order valence-electron chi connectivity index (χ4n) is 2.57. The van der Waals surface area contributed by atoms with E-state index in [2.05, 4.69) is 10.3 Å². The molecule has 1 heterocycles. The van der Waals surface area contributed by atoms with E-state index in [1.54, 1.807) is 6.07 Å². The summed E-state index contributed by atoms with van der Waals surface area (Å²) in [5, 5.41) is 12.1. The number of carboxylic acid groups (broad SMARTS) is 1. The summed E-state index contributed by atoms with van der Waals surface area (Å²) in [6.45, 7) is 0.146. The van der Waals surface area contributed by atoms with E-state index in [1.165, 1.54) is 12.3 Å². The molecule has 4 N–H and O–H groups in total. The van der Waals surface area contributed by atoms with Gasteiger partial charge in [0, 0.05) is 6.54 Å². The Morgan fingerprint density at radius 2 is 2.00 bits per heavy atom.